The highest BCUT2D eigenvalue weighted by molar-refractivity contribution is 7.08. The highest BCUT2D eigenvalue weighted by atomic mass is 32.1. The van der Waals surface area contributed by atoms with Crippen LogP contribution in [0.15, 0.2) is 39.6 Å². The van der Waals surface area contributed by atoms with Crippen molar-refractivity contribution >= 4 is 23.4 Å². The summed E-state index contributed by atoms with van der Waals surface area (Å²) in [5.74, 6) is 0.0178. The van der Waals surface area contributed by atoms with Crippen LogP contribution in [-0.2, 0) is 15.0 Å². The minimum absolute atomic E-state index is 0.296. The van der Waals surface area contributed by atoms with Gasteiger partial charge in [0.2, 0.25) is 6.29 Å². The van der Waals surface area contributed by atoms with E-state index in [4.69, 9.17) is 4.42 Å². The number of furan rings is 1. The molecule has 2 heterocycles. The zero-order chi connectivity index (χ0) is 11.6. The SMILES string of the molecule is CC(=O)C([C]=O)(c1ccsc1)c1ccco1. The molecule has 1 unspecified atom stereocenters. The number of rotatable bonds is 4. The molecule has 0 aromatic carbocycles. The van der Waals surface area contributed by atoms with Gasteiger partial charge in [0.05, 0.1) is 6.26 Å². The number of Topliss-reactive ketones (excluding diaryl/α,β-unsaturated/α-hetero) is 1. The maximum atomic E-state index is 11.8. The van der Waals surface area contributed by atoms with E-state index in [2.05, 4.69) is 0 Å². The van der Waals surface area contributed by atoms with Crippen molar-refractivity contribution < 1.29 is 14.0 Å². The summed E-state index contributed by atoms with van der Waals surface area (Å²) in [5, 5.41) is 3.57. The second-order valence-electron chi connectivity index (χ2n) is 3.40. The third-order valence-electron chi connectivity index (χ3n) is 2.53. The number of carbonyl (C=O) groups is 1. The van der Waals surface area contributed by atoms with Crippen molar-refractivity contribution in [1.29, 1.82) is 0 Å². The van der Waals surface area contributed by atoms with E-state index >= 15 is 0 Å². The highest BCUT2D eigenvalue weighted by Crippen LogP contribution is 2.33. The normalized spacial score (nSPS) is 14.3. The van der Waals surface area contributed by atoms with E-state index in [0.717, 1.165) is 0 Å². The number of hydrogen-bond acceptors (Lipinski definition) is 4. The Morgan fingerprint density at radius 1 is 1.50 bits per heavy atom. The van der Waals surface area contributed by atoms with Gasteiger partial charge in [0.1, 0.15) is 5.76 Å². The van der Waals surface area contributed by atoms with Gasteiger partial charge in [-0.2, -0.15) is 11.3 Å². The monoisotopic (exact) mass is 233 g/mol. The fourth-order valence-electron chi connectivity index (χ4n) is 1.67. The second-order valence-corrected chi connectivity index (χ2v) is 4.18. The topological polar surface area (TPSA) is 47.3 Å². The van der Waals surface area contributed by atoms with Gasteiger partial charge in [-0.05, 0) is 41.4 Å². The van der Waals surface area contributed by atoms with Gasteiger partial charge in [0.25, 0.3) is 0 Å². The molecule has 2 aromatic heterocycles. The fourth-order valence-corrected chi connectivity index (χ4v) is 2.38. The van der Waals surface area contributed by atoms with E-state index in [1.165, 1.54) is 24.5 Å². The smallest absolute Gasteiger partial charge is 0.225 e. The van der Waals surface area contributed by atoms with E-state index in [-0.39, 0.29) is 5.78 Å². The molecule has 0 bridgehead atoms. The Hall–Kier alpha value is -1.68. The summed E-state index contributed by atoms with van der Waals surface area (Å²) in [6, 6.07) is 5.00. The van der Waals surface area contributed by atoms with Crippen molar-refractivity contribution in [1.82, 2.24) is 0 Å². The van der Waals surface area contributed by atoms with Crippen LogP contribution in [0.1, 0.15) is 18.2 Å². The van der Waals surface area contributed by atoms with Crippen molar-refractivity contribution in [3.05, 3.63) is 46.5 Å². The Kier molecular flexibility index (Phi) is 2.75. The van der Waals surface area contributed by atoms with Crippen LogP contribution in [-0.4, -0.2) is 12.1 Å². The number of ketones is 1. The van der Waals surface area contributed by atoms with Crippen LogP contribution < -0.4 is 0 Å². The lowest BCUT2D eigenvalue weighted by atomic mass is 9.78. The average molecular weight is 233 g/mol. The third kappa shape index (κ3) is 1.42. The summed E-state index contributed by atoms with van der Waals surface area (Å²) in [6.07, 6.45) is 3.27. The zero-order valence-corrected chi connectivity index (χ0v) is 9.41. The van der Waals surface area contributed by atoms with Crippen LogP contribution in [0.3, 0.4) is 0 Å². The van der Waals surface area contributed by atoms with Crippen LogP contribution in [0.4, 0.5) is 0 Å². The van der Waals surface area contributed by atoms with Crippen LogP contribution in [0.2, 0.25) is 0 Å². The maximum absolute atomic E-state index is 11.8. The lowest BCUT2D eigenvalue weighted by Gasteiger charge is -2.20. The summed E-state index contributed by atoms with van der Waals surface area (Å²) in [5.41, 5.74) is -0.807. The van der Waals surface area contributed by atoms with Crippen LogP contribution in [0.25, 0.3) is 0 Å². The molecule has 1 radical (unpaired) electrons. The highest BCUT2D eigenvalue weighted by Gasteiger charge is 2.43. The first kappa shape index (κ1) is 10.8. The molecule has 0 saturated heterocycles. The molecule has 2 rings (SSSR count). The molecule has 0 saturated carbocycles. The van der Waals surface area contributed by atoms with Crippen LogP contribution >= 0.6 is 11.3 Å². The first-order valence-electron chi connectivity index (χ1n) is 4.69. The van der Waals surface area contributed by atoms with Gasteiger partial charge in [-0.3, -0.25) is 9.59 Å². The van der Waals surface area contributed by atoms with E-state index in [1.54, 1.807) is 23.6 Å². The van der Waals surface area contributed by atoms with Crippen molar-refractivity contribution in [3.63, 3.8) is 0 Å². The molecular formula is C12H9O3S. The van der Waals surface area contributed by atoms with Gasteiger partial charge in [-0.25, -0.2) is 0 Å². The molecule has 1 atom stereocenters. The summed E-state index contributed by atoms with van der Waals surface area (Å²) >= 11 is 1.42. The van der Waals surface area contributed by atoms with Gasteiger partial charge in [0.15, 0.2) is 11.2 Å². The molecule has 3 nitrogen and oxygen atoms in total. The van der Waals surface area contributed by atoms with E-state index in [9.17, 15) is 9.59 Å². The molecule has 0 fully saturated rings. The molecule has 2 aromatic rings. The lowest BCUT2D eigenvalue weighted by Crippen LogP contribution is -2.36. The predicted octanol–water partition coefficient (Wildman–Crippen LogP) is 2.33. The number of hydrogen-bond donors (Lipinski definition) is 0. The average Bonchev–Trinajstić information content (AvgIpc) is 2.89. The third-order valence-corrected chi connectivity index (χ3v) is 3.21. The van der Waals surface area contributed by atoms with Crippen LogP contribution in [0, 0.1) is 0 Å². The predicted molar refractivity (Wildman–Crippen MR) is 60.2 cm³/mol. The minimum Gasteiger partial charge on any atom is -0.467 e. The summed E-state index contributed by atoms with van der Waals surface area (Å²) in [4.78, 5) is 23.0. The lowest BCUT2D eigenvalue weighted by molar-refractivity contribution is -0.119. The zero-order valence-electron chi connectivity index (χ0n) is 8.60. The molecular weight excluding hydrogens is 224 g/mol. The molecule has 0 aliphatic rings. The Balaban J connectivity index is 2.66. The van der Waals surface area contributed by atoms with Crippen molar-refractivity contribution in [2.45, 2.75) is 12.3 Å². The number of thiophene rings is 1. The molecule has 81 valence electrons. The Labute approximate surface area is 96.7 Å². The molecule has 4 heteroatoms. The first-order chi connectivity index (χ1) is 7.71. The standard InChI is InChI=1S/C12H9O3S/c1-9(14)12(8-13,10-4-6-16-7-10)11-3-2-5-15-11/h2-7H,1H3. The first-order valence-corrected chi connectivity index (χ1v) is 5.63. The molecule has 0 spiro atoms. The molecule has 0 N–H and O–H groups in total. The molecule has 0 aliphatic carbocycles. The van der Waals surface area contributed by atoms with Crippen LogP contribution in [0.5, 0.6) is 0 Å². The maximum Gasteiger partial charge on any atom is 0.225 e. The Morgan fingerprint density at radius 2 is 2.31 bits per heavy atom. The van der Waals surface area contributed by atoms with Gasteiger partial charge in [-0.1, -0.05) is 0 Å². The van der Waals surface area contributed by atoms with Gasteiger partial charge >= 0.3 is 0 Å². The fraction of sp³-hybridized carbons (Fsp3) is 0.167. The second kappa shape index (κ2) is 4.06. The van der Waals surface area contributed by atoms with Crippen molar-refractivity contribution in [2.24, 2.45) is 0 Å². The van der Waals surface area contributed by atoms with E-state index in [1.807, 2.05) is 11.7 Å². The van der Waals surface area contributed by atoms with Crippen molar-refractivity contribution in [3.8, 4) is 0 Å². The summed E-state index contributed by atoms with van der Waals surface area (Å²) < 4.78 is 5.20. The van der Waals surface area contributed by atoms with Gasteiger partial charge in [-0.15, -0.1) is 0 Å². The largest absolute Gasteiger partial charge is 0.467 e. The minimum atomic E-state index is -1.41. The summed E-state index contributed by atoms with van der Waals surface area (Å²) in [7, 11) is 0. The van der Waals surface area contributed by atoms with Crippen molar-refractivity contribution in [2.75, 3.05) is 0 Å². The van der Waals surface area contributed by atoms with Gasteiger partial charge in [0, 0.05) is 0 Å². The van der Waals surface area contributed by atoms with Gasteiger partial charge < -0.3 is 4.42 Å². The quantitative estimate of drug-likeness (QED) is 0.761. The molecule has 0 aliphatic heterocycles. The Morgan fingerprint density at radius 3 is 2.75 bits per heavy atom. The molecule has 0 amide bonds. The van der Waals surface area contributed by atoms with E-state index in [0.29, 0.717) is 11.3 Å². The van der Waals surface area contributed by atoms with E-state index < -0.39 is 5.41 Å². The Bertz CT molecular complexity index is 448. The number of carbonyl (C=O) groups excluding carboxylic acids is 2. The summed E-state index contributed by atoms with van der Waals surface area (Å²) in [6.45, 7) is 1.37. The molecule has 16 heavy (non-hydrogen) atoms.